The second-order valence-corrected chi connectivity index (χ2v) is 3.78. The van der Waals surface area contributed by atoms with Gasteiger partial charge in [-0.3, -0.25) is 0 Å². The second kappa shape index (κ2) is 5.73. The Labute approximate surface area is 87.7 Å². The van der Waals surface area contributed by atoms with E-state index in [1.807, 2.05) is 37.3 Å². The number of hydrogen-bond acceptors (Lipinski definition) is 1. The molecule has 1 rings (SSSR count). The van der Waals surface area contributed by atoms with Crippen LogP contribution in [0.3, 0.4) is 0 Å². The monoisotopic (exact) mass is 209 g/mol. The Hall–Kier alpha value is -0.930. The summed E-state index contributed by atoms with van der Waals surface area (Å²) >= 11 is 0.259. The van der Waals surface area contributed by atoms with Crippen molar-refractivity contribution in [3.8, 4) is 0 Å². The van der Waals surface area contributed by atoms with E-state index in [0.717, 1.165) is 5.56 Å². The van der Waals surface area contributed by atoms with Crippen molar-refractivity contribution >= 4 is 16.6 Å². The highest BCUT2D eigenvalue weighted by Crippen LogP contribution is 2.19. The summed E-state index contributed by atoms with van der Waals surface area (Å²) in [5.74, 6) is 0.210. The lowest BCUT2D eigenvalue weighted by atomic mass is 9.96. The van der Waals surface area contributed by atoms with Crippen LogP contribution >= 0.6 is 0 Å². The fourth-order valence-corrected chi connectivity index (χ4v) is 1.62. The molecule has 1 radical (unpaired) electrons. The van der Waals surface area contributed by atoms with Crippen LogP contribution in [0, 0.1) is 0 Å². The molecule has 0 heterocycles. The SMILES string of the molecule is CC(CC([O])C=S=O)c1ccccc1. The highest BCUT2D eigenvalue weighted by Gasteiger charge is 2.10. The molecule has 0 aromatic heterocycles. The molecule has 0 spiro atoms. The predicted octanol–water partition coefficient (Wildman–Crippen LogP) is 1.99. The Morgan fingerprint density at radius 1 is 1.36 bits per heavy atom. The van der Waals surface area contributed by atoms with E-state index in [1.165, 1.54) is 5.37 Å². The molecule has 2 atom stereocenters. The molecule has 0 aliphatic heterocycles. The summed E-state index contributed by atoms with van der Waals surface area (Å²) in [6, 6.07) is 9.86. The van der Waals surface area contributed by atoms with Gasteiger partial charge in [0.2, 0.25) is 0 Å². The Morgan fingerprint density at radius 3 is 2.57 bits per heavy atom. The summed E-state index contributed by atoms with van der Waals surface area (Å²) in [4.78, 5) is 0. The first-order valence-electron chi connectivity index (χ1n) is 4.56. The standard InChI is InChI=1S/C11H13O2S/c1-9(7-11(12)8-14-13)10-5-3-2-4-6-10/h2-6,8-9,11H,7H2,1H3. The first-order chi connectivity index (χ1) is 6.74. The van der Waals surface area contributed by atoms with Gasteiger partial charge in [0.05, 0.1) is 11.3 Å². The fourth-order valence-electron chi connectivity index (χ4n) is 1.38. The Bertz CT molecular complexity index is 317. The number of benzene rings is 1. The maximum atomic E-state index is 11.2. The van der Waals surface area contributed by atoms with Gasteiger partial charge in [0, 0.05) is 5.37 Å². The summed E-state index contributed by atoms with van der Waals surface area (Å²) in [6.07, 6.45) is -0.382. The van der Waals surface area contributed by atoms with Crippen molar-refractivity contribution < 1.29 is 9.32 Å². The van der Waals surface area contributed by atoms with Gasteiger partial charge < -0.3 is 0 Å². The largest absolute Gasteiger partial charge is 0.228 e. The van der Waals surface area contributed by atoms with Gasteiger partial charge in [0.25, 0.3) is 0 Å². The molecule has 0 aliphatic rings. The van der Waals surface area contributed by atoms with Crippen LogP contribution in [-0.2, 0) is 16.4 Å². The average molecular weight is 209 g/mol. The average Bonchev–Trinajstić information content (AvgIpc) is 2.19. The highest BCUT2D eigenvalue weighted by atomic mass is 32.1. The Balaban J connectivity index is 2.58. The van der Waals surface area contributed by atoms with Gasteiger partial charge in [0.1, 0.15) is 6.10 Å². The normalized spacial score (nSPS) is 14.4. The van der Waals surface area contributed by atoms with Crippen LogP contribution in [0.25, 0.3) is 0 Å². The van der Waals surface area contributed by atoms with Gasteiger partial charge in [-0.25, -0.2) is 9.32 Å². The van der Waals surface area contributed by atoms with Crippen LogP contribution in [0.4, 0.5) is 0 Å². The fraction of sp³-hybridized carbons (Fsp3) is 0.364. The van der Waals surface area contributed by atoms with Crippen molar-refractivity contribution in [1.29, 1.82) is 0 Å². The third-order valence-corrected chi connectivity index (χ3v) is 2.58. The number of rotatable bonds is 4. The third kappa shape index (κ3) is 3.44. The first-order valence-corrected chi connectivity index (χ1v) is 5.37. The molecular weight excluding hydrogens is 196 g/mol. The zero-order chi connectivity index (χ0) is 10.4. The maximum Gasteiger partial charge on any atom is 0.124 e. The van der Waals surface area contributed by atoms with E-state index >= 15 is 0 Å². The van der Waals surface area contributed by atoms with Gasteiger partial charge in [-0.1, -0.05) is 37.3 Å². The first kappa shape index (κ1) is 11.1. The molecule has 0 fully saturated rings. The molecule has 75 valence electrons. The summed E-state index contributed by atoms with van der Waals surface area (Å²) in [5.41, 5.74) is 1.15. The maximum absolute atomic E-state index is 11.2. The summed E-state index contributed by atoms with van der Waals surface area (Å²) in [5, 5.41) is 12.4. The molecule has 2 nitrogen and oxygen atoms in total. The van der Waals surface area contributed by atoms with E-state index < -0.39 is 6.10 Å². The minimum Gasteiger partial charge on any atom is -0.228 e. The summed E-state index contributed by atoms with van der Waals surface area (Å²) in [7, 11) is 0. The molecule has 0 bridgehead atoms. The zero-order valence-electron chi connectivity index (χ0n) is 8.05. The van der Waals surface area contributed by atoms with E-state index in [2.05, 4.69) is 0 Å². The molecular formula is C11H13O2S. The van der Waals surface area contributed by atoms with Gasteiger partial charge in [-0.2, -0.15) is 0 Å². The van der Waals surface area contributed by atoms with Crippen LogP contribution in [0.2, 0.25) is 0 Å². The van der Waals surface area contributed by atoms with Crippen molar-refractivity contribution in [2.24, 2.45) is 0 Å². The zero-order valence-corrected chi connectivity index (χ0v) is 8.87. The lowest BCUT2D eigenvalue weighted by molar-refractivity contribution is 0.138. The molecule has 1 aromatic carbocycles. The molecule has 0 N–H and O–H groups in total. The van der Waals surface area contributed by atoms with Crippen LogP contribution in [0.15, 0.2) is 30.3 Å². The predicted molar refractivity (Wildman–Crippen MR) is 58.2 cm³/mol. The van der Waals surface area contributed by atoms with E-state index in [-0.39, 0.29) is 17.2 Å². The van der Waals surface area contributed by atoms with E-state index in [9.17, 15) is 9.32 Å². The third-order valence-electron chi connectivity index (χ3n) is 2.16. The van der Waals surface area contributed by atoms with Crippen molar-refractivity contribution in [2.75, 3.05) is 0 Å². The van der Waals surface area contributed by atoms with E-state index in [4.69, 9.17) is 0 Å². The molecule has 0 saturated carbocycles. The summed E-state index contributed by atoms with van der Waals surface area (Å²) < 4.78 is 10.1. The lowest BCUT2D eigenvalue weighted by Gasteiger charge is -2.11. The van der Waals surface area contributed by atoms with Crippen molar-refractivity contribution in [2.45, 2.75) is 25.4 Å². The van der Waals surface area contributed by atoms with E-state index in [1.54, 1.807) is 0 Å². The summed E-state index contributed by atoms with van der Waals surface area (Å²) in [6.45, 7) is 2.00. The lowest BCUT2D eigenvalue weighted by Crippen LogP contribution is -2.10. The smallest absolute Gasteiger partial charge is 0.124 e. The topological polar surface area (TPSA) is 37.0 Å². The highest BCUT2D eigenvalue weighted by molar-refractivity contribution is 7.64. The molecule has 14 heavy (non-hydrogen) atoms. The van der Waals surface area contributed by atoms with Crippen LogP contribution in [0.5, 0.6) is 0 Å². The van der Waals surface area contributed by atoms with Crippen molar-refractivity contribution in [1.82, 2.24) is 0 Å². The molecule has 0 saturated heterocycles. The van der Waals surface area contributed by atoms with Gasteiger partial charge in [-0.15, -0.1) is 0 Å². The Morgan fingerprint density at radius 2 is 2.00 bits per heavy atom. The minimum absolute atomic E-state index is 0.210. The quantitative estimate of drug-likeness (QED) is 0.699. The minimum atomic E-state index is -0.868. The number of hydrogen-bond donors (Lipinski definition) is 0. The van der Waals surface area contributed by atoms with Crippen LogP contribution in [-0.4, -0.2) is 15.7 Å². The Kier molecular flexibility index (Phi) is 4.56. The molecule has 0 amide bonds. The molecule has 1 aromatic rings. The van der Waals surface area contributed by atoms with E-state index in [0.29, 0.717) is 6.42 Å². The van der Waals surface area contributed by atoms with Crippen molar-refractivity contribution in [3.05, 3.63) is 35.9 Å². The molecule has 2 unspecified atom stereocenters. The van der Waals surface area contributed by atoms with Crippen molar-refractivity contribution in [3.63, 3.8) is 0 Å². The van der Waals surface area contributed by atoms with Gasteiger partial charge >= 0.3 is 0 Å². The van der Waals surface area contributed by atoms with Crippen LogP contribution < -0.4 is 0 Å². The molecule has 3 heteroatoms. The van der Waals surface area contributed by atoms with Crippen LogP contribution in [0.1, 0.15) is 24.8 Å². The second-order valence-electron chi connectivity index (χ2n) is 3.32. The van der Waals surface area contributed by atoms with Gasteiger partial charge in [-0.05, 0) is 17.9 Å². The molecule has 0 aliphatic carbocycles. The van der Waals surface area contributed by atoms with Gasteiger partial charge in [0.15, 0.2) is 0 Å².